The van der Waals surface area contributed by atoms with Gasteiger partial charge < -0.3 is 5.32 Å². The molecule has 1 heterocycles. The third-order valence-electron chi connectivity index (χ3n) is 3.90. The number of nitrogens with zero attached hydrogens (tertiary/aromatic N) is 1. The Kier molecular flexibility index (Phi) is 4.99. The molecule has 2 nitrogen and oxygen atoms in total. The minimum absolute atomic E-state index is 0.731. The number of nitrogens with one attached hydrogen (secondary N) is 1. The Hall–Kier alpha value is -0.890. The number of hydrogen-bond donors (Lipinski definition) is 1. The predicted molar refractivity (Wildman–Crippen MR) is 72.0 cm³/mol. The maximum absolute atomic E-state index is 4.15. The first-order valence-electron chi connectivity index (χ1n) is 6.98. The second-order valence-corrected chi connectivity index (χ2v) is 5.29. The third-order valence-corrected chi connectivity index (χ3v) is 3.90. The molecule has 0 radical (unpaired) electrons. The molecule has 1 aliphatic carbocycles. The van der Waals surface area contributed by atoms with Crippen LogP contribution < -0.4 is 5.32 Å². The summed E-state index contributed by atoms with van der Waals surface area (Å²) >= 11 is 0. The molecule has 1 N–H and O–H groups in total. The molecular weight excluding hydrogens is 208 g/mol. The minimum atomic E-state index is 0.731. The Bertz CT molecular complexity index is 310. The fraction of sp³-hybridized carbons (Fsp3) is 0.667. The van der Waals surface area contributed by atoms with E-state index in [2.05, 4.69) is 23.3 Å². The van der Waals surface area contributed by atoms with Crippen molar-refractivity contribution in [3.63, 3.8) is 0 Å². The first-order chi connectivity index (χ1) is 8.36. The van der Waals surface area contributed by atoms with Crippen LogP contribution in [0.1, 0.15) is 44.6 Å². The van der Waals surface area contributed by atoms with Crippen molar-refractivity contribution >= 4 is 0 Å². The van der Waals surface area contributed by atoms with E-state index < -0.39 is 0 Å². The van der Waals surface area contributed by atoms with Gasteiger partial charge in [-0.2, -0.15) is 0 Å². The SMILES string of the molecule is CC1CCCCCC1NCCc1cccnc1. The van der Waals surface area contributed by atoms with E-state index in [9.17, 15) is 0 Å². The van der Waals surface area contributed by atoms with E-state index in [1.807, 2.05) is 18.5 Å². The van der Waals surface area contributed by atoms with E-state index in [0.29, 0.717) is 0 Å². The molecule has 1 fully saturated rings. The highest BCUT2D eigenvalue weighted by Gasteiger charge is 2.18. The van der Waals surface area contributed by atoms with Crippen LogP contribution >= 0.6 is 0 Å². The number of rotatable bonds is 4. The molecule has 2 unspecified atom stereocenters. The summed E-state index contributed by atoms with van der Waals surface area (Å²) in [5.74, 6) is 0.839. The summed E-state index contributed by atoms with van der Waals surface area (Å²) in [5.41, 5.74) is 1.33. The van der Waals surface area contributed by atoms with Gasteiger partial charge in [-0.15, -0.1) is 0 Å². The molecule has 2 rings (SSSR count). The second-order valence-electron chi connectivity index (χ2n) is 5.29. The van der Waals surface area contributed by atoms with Crippen LogP contribution in [0, 0.1) is 5.92 Å². The molecule has 1 saturated carbocycles. The van der Waals surface area contributed by atoms with Crippen LogP contribution in [0.25, 0.3) is 0 Å². The normalized spacial score (nSPS) is 25.5. The van der Waals surface area contributed by atoms with E-state index in [-0.39, 0.29) is 0 Å². The number of aromatic nitrogens is 1. The Balaban J connectivity index is 1.73. The Morgan fingerprint density at radius 1 is 1.29 bits per heavy atom. The fourth-order valence-electron chi connectivity index (χ4n) is 2.74. The first kappa shape index (κ1) is 12.6. The van der Waals surface area contributed by atoms with Crippen molar-refractivity contribution in [1.82, 2.24) is 10.3 Å². The van der Waals surface area contributed by atoms with Gasteiger partial charge in [0.1, 0.15) is 0 Å². The van der Waals surface area contributed by atoms with Crippen LogP contribution in [0.2, 0.25) is 0 Å². The molecule has 1 aromatic heterocycles. The van der Waals surface area contributed by atoms with Crippen molar-refractivity contribution in [2.24, 2.45) is 5.92 Å². The van der Waals surface area contributed by atoms with Gasteiger partial charge in [0, 0.05) is 18.4 Å². The van der Waals surface area contributed by atoms with Crippen molar-refractivity contribution in [1.29, 1.82) is 0 Å². The van der Waals surface area contributed by atoms with Gasteiger partial charge in [0.15, 0.2) is 0 Å². The summed E-state index contributed by atoms with van der Waals surface area (Å²) in [6.45, 7) is 3.48. The van der Waals surface area contributed by atoms with Gasteiger partial charge in [0.25, 0.3) is 0 Å². The Labute approximate surface area is 105 Å². The monoisotopic (exact) mass is 232 g/mol. The zero-order valence-corrected chi connectivity index (χ0v) is 10.9. The number of pyridine rings is 1. The number of hydrogen-bond acceptors (Lipinski definition) is 2. The van der Waals surface area contributed by atoms with Crippen LogP contribution in [-0.4, -0.2) is 17.6 Å². The molecule has 0 spiro atoms. The summed E-state index contributed by atoms with van der Waals surface area (Å²) in [6.07, 6.45) is 11.9. The average Bonchev–Trinajstić information content (AvgIpc) is 2.56. The molecule has 0 bridgehead atoms. The third kappa shape index (κ3) is 4.12. The largest absolute Gasteiger partial charge is 0.313 e. The van der Waals surface area contributed by atoms with Gasteiger partial charge in [-0.1, -0.05) is 32.3 Å². The van der Waals surface area contributed by atoms with Gasteiger partial charge in [0.2, 0.25) is 0 Å². The molecule has 1 aliphatic rings. The van der Waals surface area contributed by atoms with Crippen LogP contribution in [-0.2, 0) is 6.42 Å². The lowest BCUT2D eigenvalue weighted by Crippen LogP contribution is -2.35. The fourth-order valence-corrected chi connectivity index (χ4v) is 2.74. The molecule has 1 aromatic rings. The highest BCUT2D eigenvalue weighted by atomic mass is 14.9. The van der Waals surface area contributed by atoms with Crippen molar-refractivity contribution in [2.75, 3.05) is 6.54 Å². The topological polar surface area (TPSA) is 24.9 Å². The molecule has 0 amide bonds. The standard InChI is InChI=1S/C15H24N2/c1-13-6-3-2-4-8-15(13)17-11-9-14-7-5-10-16-12-14/h5,7,10,12-13,15,17H,2-4,6,8-9,11H2,1H3. The van der Waals surface area contributed by atoms with E-state index in [4.69, 9.17) is 0 Å². The molecule has 0 aromatic carbocycles. The Morgan fingerprint density at radius 3 is 3.00 bits per heavy atom. The zero-order valence-electron chi connectivity index (χ0n) is 10.9. The van der Waals surface area contributed by atoms with E-state index in [1.54, 1.807) is 0 Å². The predicted octanol–water partition coefficient (Wildman–Crippen LogP) is 3.18. The molecule has 17 heavy (non-hydrogen) atoms. The van der Waals surface area contributed by atoms with Gasteiger partial charge in [-0.3, -0.25) is 4.98 Å². The van der Waals surface area contributed by atoms with Crippen molar-refractivity contribution in [2.45, 2.75) is 51.5 Å². The van der Waals surface area contributed by atoms with Gasteiger partial charge in [-0.05, 0) is 43.4 Å². The van der Waals surface area contributed by atoms with E-state index in [0.717, 1.165) is 24.9 Å². The minimum Gasteiger partial charge on any atom is -0.313 e. The van der Waals surface area contributed by atoms with Crippen molar-refractivity contribution < 1.29 is 0 Å². The van der Waals surface area contributed by atoms with Crippen LogP contribution in [0.5, 0.6) is 0 Å². The lowest BCUT2D eigenvalue weighted by Gasteiger charge is -2.22. The second kappa shape index (κ2) is 6.75. The molecule has 94 valence electrons. The van der Waals surface area contributed by atoms with Crippen molar-refractivity contribution in [3.8, 4) is 0 Å². The van der Waals surface area contributed by atoms with E-state index >= 15 is 0 Å². The summed E-state index contributed by atoms with van der Waals surface area (Å²) in [5, 5.41) is 3.73. The maximum atomic E-state index is 4.15. The van der Waals surface area contributed by atoms with Gasteiger partial charge in [0.05, 0.1) is 0 Å². The lowest BCUT2D eigenvalue weighted by molar-refractivity contribution is 0.359. The van der Waals surface area contributed by atoms with Gasteiger partial charge in [-0.25, -0.2) is 0 Å². The summed E-state index contributed by atoms with van der Waals surface area (Å²) in [4.78, 5) is 4.15. The maximum Gasteiger partial charge on any atom is 0.0300 e. The molecule has 2 atom stereocenters. The molecule has 0 saturated heterocycles. The summed E-state index contributed by atoms with van der Waals surface area (Å²) < 4.78 is 0. The van der Waals surface area contributed by atoms with Gasteiger partial charge >= 0.3 is 0 Å². The highest BCUT2D eigenvalue weighted by molar-refractivity contribution is 5.08. The molecular formula is C15H24N2. The van der Waals surface area contributed by atoms with Crippen LogP contribution in [0.15, 0.2) is 24.5 Å². The first-order valence-corrected chi connectivity index (χ1v) is 6.98. The van der Waals surface area contributed by atoms with Crippen LogP contribution in [0.3, 0.4) is 0 Å². The van der Waals surface area contributed by atoms with Crippen molar-refractivity contribution in [3.05, 3.63) is 30.1 Å². The summed E-state index contributed by atoms with van der Waals surface area (Å²) in [6, 6.07) is 4.91. The molecule has 0 aliphatic heterocycles. The average molecular weight is 232 g/mol. The highest BCUT2D eigenvalue weighted by Crippen LogP contribution is 2.22. The van der Waals surface area contributed by atoms with Crippen LogP contribution in [0.4, 0.5) is 0 Å². The van der Waals surface area contributed by atoms with E-state index in [1.165, 1.54) is 37.7 Å². The zero-order chi connectivity index (χ0) is 11.9. The smallest absolute Gasteiger partial charge is 0.0300 e. The quantitative estimate of drug-likeness (QED) is 0.806. The summed E-state index contributed by atoms with van der Waals surface area (Å²) in [7, 11) is 0. The molecule has 2 heteroatoms. The Morgan fingerprint density at radius 2 is 2.18 bits per heavy atom. The lowest BCUT2D eigenvalue weighted by atomic mass is 9.97.